The molecule has 3 heterocycles. The molecule has 0 aliphatic carbocycles. The topological polar surface area (TPSA) is 89.9 Å². The summed E-state index contributed by atoms with van der Waals surface area (Å²) >= 11 is 0. The van der Waals surface area contributed by atoms with Gasteiger partial charge < -0.3 is 4.90 Å². The van der Waals surface area contributed by atoms with Crippen molar-refractivity contribution in [1.82, 2.24) is 30.0 Å². The lowest BCUT2D eigenvalue weighted by Crippen LogP contribution is -2.31. The van der Waals surface area contributed by atoms with E-state index in [4.69, 9.17) is 9.61 Å². The van der Waals surface area contributed by atoms with Gasteiger partial charge in [-0.3, -0.25) is 9.48 Å². The van der Waals surface area contributed by atoms with Gasteiger partial charge in [-0.15, -0.1) is 0 Å². The number of aryl methyl sites for hydroxylation is 3. The SMILES string of the molecule is CCN(Cc1nonc1C)C(=O)c1cc(-c2cn(CC)nc2C)nc2ccccc12. The highest BCUT2D eigenvalue weighted by atomic mass is 16.6. The van der Waals surface area contributed by atoms with Gasteiger partial charge in [0.25, 0.3) is 5.91 Å². The van der Waals surface area contributed by atoms with Crippen molar-refractivity contribution in [1.29, 1.82) is 0 Å². The van der Waals surface area contributed by atoms with E-state index in [-0.39, 0.29) is 5.91 Å². The third-order valence-corrected chi connectivity index (χ3v) is 5.25. The van der Waals surface area contributed by atoms with Crippen LogP contribution in [0, 0.1) is 13.8 Å². The molecule has 8 heteroatoms. The van der Waals surface area contributed by atoms with Crippen molar-refractivity contribution < 1.29 is 9.42 Å². The van der Waals surface area contributed by atoms with E-state index in [0.29, 0.717) is 30.0 Å². The Morgan fingerprint density at radius 1 is 1.13 bits per heavy atom. The van der Waals surface area contributed by atoms with Gasteiger partial charge in [0, 0.05) is 30.2 Å². The zero-order chi connectivity index (χ0) is 21.3. The third kappa shape index (κ3) is 3.56. The van der Waals surface area contributed by atoms with Gasteiger partial charge >= 0.3 is 0 Å². The lowest BCUT2D eigenvalue weighted by Gasteiger charge is -2.21. The molecule has 0 radical (unpaired) electrons. The van der Waals surface area contributed by atoms with Crippen LogP contribution in [0.2, 0.25) is 0 Å². The summed E-state index contributed by atoms with van der Waals surface area (Å²) in [5.41, 5.74) is 5.27. The number of carbonyl (C=O) groups is 1. The van der Waals surface area contributed by atoms with E-state index < -0.39 is 0 Å². The predicted octanol–water partition coefficient (Wildman–Crippen LogP) is 3.78. The van der Waals surface area contributed by atoms with Crippen LogP contribution in [0.15, 0.2) is 41.2 Å². The van der Waals surface area contributed by atoms with Crippen LogP contribution in [0.1, 0.15) is 41.3 Å². The van der Waals surface area contributed by atoms with Gasteiger partial charge in [0.2, 0.25) is 0 Å². The minimum absolute atomic E-state index is 0.0831. The minimum Gasteiger partial charge on any atom is -0.333 e. The van der Waals surface area contributed by atoms with Gasteiger partial charge in [-0.05, 0) is 39.8 Å². The predicted molar refractivity (Wildman–Crippen MR) is 113 cm³/mol. The van der Waals surface area contributed by atoms with Crippen LogP contribution >= 0.6 is 0 Å². The number of hydrogen-bond acceptors (Lipinski definition) is 6. The summed E-state index contributed by atoms with van der Waals surface area (Å²) in [7, 11) is 0. The first-order chi connectivity index (χ1) is 14.5. The monoisotopic (exact) mass is 404 g/mol. The normalized spacial score (nSPS) is 11.2. The van der Waals surface area contributed by atoms with Crippen molar-refractivity contribution >= 4 is 16.8 Å². The molecule has 0 atom stereocenters. The number of carbonyl (C=O) groups excluding carboxylic acids is 1. The summed E-state index contributed by atoms with van der Waals surface area (Å²) in [6, 6.07) is 9.57. The Hall–Kier alpha value is -3.55. The Kier molecular flexibility index (Phi) is 5.31. The van der Waals surface area contributed by atoms with Crippen molar-refractivity contribution in [3.8, 4) is 11.3 Å². The molecule has 4 aromatic rings. The first-order valence-electron chi connectivity index (χ1n) is 10.0. The molecule has 0 aliphatic rings. The quantitative estimate of drug-likeness (QED) is 0.486. The second-order valence-corrected chi connectivity index (χ2v) is 7.17. The molecular formula is C22H24N6O2. The fourth-order valence-corrected chi connectivity index (χ4v) is 3.49. The van der Waals surface area contributed by atoms with Gasteiger partial charge in [0.1, 0.15) is 11.4 Å². The highest BCUT2D eigenvalue weighted by Crippen LogP contribution is 2.28. The molecule has 1 amide bonds. The molecular weight excluding hydrogens is 380 g/mol. The summed E-state index contributed by atoms with van der Waals surface area (Å²) < 4.78 is 6.67. The molecule has 4 rings (SSSR count). The van der Waals surface area contributed by atoms with E-state index >= 15 is 0 Å². The number of rotatable bonds is 6. The fourth-order valence-electron chi connectivity index (χ4n) is 3.49. The molecule has 0 bridgehead atoms. The summed E-state index contributed by atoms with van der Waals surface area (Å²) in [4.78, 5) is 20.1. The standard InChI is InChI=1S/C22H24N6O2/c1-5-27(13-21-15(4)25-30-26-21)22(29)17-11-20(18-12-28(6-2)24-14(18)3)23-19-10-8-7-9-16(17)19/h7-12H,5-6,13H2,1-4H3. The third-order valence-electron chi connectivity index (χ3n) is 5.25. The first-order valence-corrected chi connectivity index (χ1v) is 10.0. The van der Waals surface area contributed by atoms with Gasteiger partial charge in [0.15, 0.2) is 0 Å². The van der Waals surface area contributed by atoms with Gasteiger partial charge in [-0.1, -0.05) is 28.5 Å². The average molecular weight is 404 g/mol. The summed E-state index contributed by atoms with van der Waals surface area (Å²) in [5.74, 6) is -0.0831. The zero-order valence-corrected chi connectivity index (χ0v) is 17.6. The minimum atomic E-state index is -0.0831. The maximum Gasteiger partial charge on any atom is 0.254 e. The maximum atomic E-state index is 13.6. The molecule has 30 heavy (non-hydrogen) atoms. The summed E-state index contributed by atoms with van der Waals surface area (Å²) in [6.07, 6.45) is 1.97. The van der Waals surface area contributed by atoms with Crippen molar-refractivity contribution in [2.75, 3.05) is 6.54 Å². The van der Waals surface area contributed by atoms with E-state index in [0.717, 1.165) is 34.4 Å². The van der Waals surface area contributed by atoms with Crippen LogP contribution < -0.4 is 0 Å². The number of pyridine rings is 1. The average Bonchev–Trinajstić information content (AvgIpc) is 3.35. The number of nitrogens with zero attached hydrogens (tertiary/aromatic N) is 6. The second kappa shape index (κ2) is 8.06. The molecule has 0 saturated carbocycles. The Morgan fingerprint density at radius 3 is 2.60 bits per heavy atom. The van der Waals surface area contributed by atoms with E-state index in [2.05, 4.69) is 15.4 Å². The van der Waals surface area contributed by atoms with Crippen molar-refractivity contribution in [3.63, 3.8) is 0 Å². The number of benzene rings is 1. The van der Waals surface area contributed by atoms with Crippen LogP contribution in [-0.2, 0) is 13.1 Å². The number of fused-ring (bicyclic) bond motifs is 1. The molecule has 0 aliphatic heterocycles. The lowest BCUT2D eigenvalue weighted by atomic mass is 10.0. The van der Waals surface area contributed by atoms with Crippen LogP contribution in [0.3, 0.4) is 0 Å². The number of amides is 1. The highest BCUT2D eigenvalue weighted by Gasteiger charge is 2.22. The molecule has 0 N–H and O–H groups in total. The van der Waals surface area contributed by atoms with Crippen LogP contribution in [0.25, 0.3) is 22.2 Å². The molecule has 0 saturated heterocycles. The number of hydrogen-bond donors (Lipinski definition) is 0. The van der Waals surface area contributed by atoms with E-state index in [1.807, 2.05) is 68.9 Å². The molecule has 0 fully saturated rings. The van der Waals surface area contributed by atoms with E-state index in [1.54, 1.807) is 4.90 Å². The van der Waals surface area contributed by atoms with Crippen LogP contribution in [0.4, 0.5) is 0 Å². The molecule has 8 nitrogen and oxygen atoms in total. The number of para-hydroxylation sites is 1. The molecule has 3 aromatic heterocycles. The van der Waals surface area contributed by atoms with Gasteiger partial charge in [-0.25, -0.2) is 9.61 Å². The highest BCUT2D eigenvalue weighted by molar-refractivity contribution is 6.07. The second-order valence-electron chi connectivity index (χ2n) is 7.17. The Labute approximate surface area is 174 Å². The summed E-state index contributed by atoms with van der Waals surface area (Å²) in [6.45, 7) is 9.40. The van der Waals surface area contributed by atoms with Crippen molar-refractivity contribution in [2.24, 2.45) is 0 Å². The molecule has 0 unspecified atom stereocenters. The Bertz CT molecular complexity index is 1210. The Morgan fingerprint density at radius 2 is 1.93 bits per heavy atom. The van der Waals surface area contributed by atoms with E-state index in [1.165, 1.54) is 0 Å². The maximum absolute atomic E-state index is 13.6. The fraction of sp³-hybridized carbons (Fsp3) is 0.318. The lowest BCUT2D eigenvalue weighted by molar-refractivity contribution is 0.0750. The van der Waals surface area contributed by atoms with Crippen molar-refractivity contribution in [3.05, 3.63) is 59.2 Å². The largest absolute Gasteiger partial charge is 0.333 e. The summed E-state index contributed by atoms with van der Waals surface area (Å²) in [5, 5.41) is 13.1. The molecule has 0 spiro atoms. The first kappa shape index (κ1) is 19.8. The van der Waals surface area contributed by atoms with E-state index in [9.17, 15) is 4.79 Å². The van der Waals surface area contributed by atoms with Crippen LogP contribution in [-0.4, -0.2) is 42.4 Å². The van der Waals surface area contributed by atoms with Crippen molar-refractivity contribution in [2.45, 2.75) is 40.8 Å². The Balaban J connectivity index is 1.81. The van der Waals surface area contributed by atoms with Crippen LogP contribution in [0.5, 0.6) is 0 Å². The smallest absolute Gasteiger partial charge is 0.254 e. The zero-order valence-electron chi connectivity index (χ0n) is 17.6. The molecule has 154 valence electrons. The van der Waals surface area contributed by atoms with Gasteiger partial charge in [-0.2, -0.15) is 5.10 Å². The number of aromatic nitrogens is 5. The molecule has 1 aromatic carbocycles. The van der Waals surface area contributed by atoms with Gasteiger partial charge in [0.05, 0.1) is 29.0 Å².